The Hall–Kier alpha value is -0.510. The minimum absolute atomic E-state index is 0.0673. The number of pyridine rings is 1. The molecule has 1 aromatic heterocycles. The van der Waals surface area contributed by atoms with Gasteiger partial charge in [-0.15, -0.1) is 0 Å². The Kier molecular flexibility index (Phi) is 5.70. The quantitative estimate of drug-likeness (QED) is 0.772. The largest absolute Gasteiger partial charge is 0.383 e. The van der Waals surface area contributed by atoms with Gasteiger partial charge in [-0.3, -0.25) is 4.21 Å². The third-order valence-electron chi connectivity index (χ3n) is 2.08. The molecule has 3 N–H and O–H groups in total. The molecular formula is C9H14BrN3O3S2. The Labute approximate surface area is 117 Å². The molecule has 6 nitrogen and oxygen atoms in total. The van der Waals surface area contributed by atoms with Crippen LogP contribution in [0.3, 0.4) is 0 Å². The van der Waals surface area contributed by atoms with E-state index in [1.165, 1.54) is 12.3 Å². The summed E-state index contributed by atoms with van der Waals surface area (Å²) in [5, 5.41) is 0. The molecule has 0 radical (unpaired) electrons. The molecule has 18 heavy (non-hydrogen) atoms. The average Bonchev–Trinajstić information content (AvgIpc) is 2.31. The summed E-state index contributed by atoms with van der Waals surface area (Å²) in [5.41, 5.74) is 5.52. The van der Waals surface area contributed by atoms with Crippen molar-refractivity contribution in [1.29, 1.82) is 0 Å². The standard InChI is InChI=1S/C9H14BrN3O3S2/c1-2-17(14)4-3-13-18(15,16)8-5-7(10)6-12-9(8)11/h5-6,13H,2-4H2,1H3,(H2,11,12). The number of anilines is 1. The first-order valence-electron chi connectivity index (χ1n) is 5.12. The lowest BCUT2D eigenvalue weighted by atomic mass is 10.5. The molecule has 0 amide bonds. The van der Waals surface area contributed by atoms with Crippen molar-refractivity contribution in [2.24, 2.45) is 0 Å². The van der Waals surface area contributed by atoms with E-state index < -0.39 is 20.8 Å². The third kappa shape index (κ3) is 4.30. The molecule has 0 saturated heterocycles. The lowest BCUT2D eigenvalue weighted by Crippen LogP contribution is -2.29. The molecule has 102 valence electrons. The van der Waals surface area contributed by atoms with E-state index in [1.807, 2.05) is 0 Å². The van der Waals surface area contributed by atoms with E-state index >= 15 is 0 Å². The fourth-order valence-electron chi connectivity index (χ4n) is 1.16. The van der Waals surface area contributed by atoms with Gasteiger partial charge in [-0.25, -0.2) is 18.1 Å². The average molecular weight is 356 g/mol. The number of nitrogen functional groups attached to an aromatic ring is 1. The van der Waals surface area contributed by atoms with Crippen molar-refractivity contribution in [2.45, 2.75) is 11.8 Å². The number of nitrogens with zero attached hydrogens (tertiary/aromatic N) is 1. The Bertz CT molecular complexity index is 548. The van der Waals surface area contributed by atoms with Crippen molar-refractivity contribution in [3.05, 3.63) is 16.7 Å². The zero-order chi connectivity index (χ0) is 13.8. The molecule has 1 rings (SSSR count). The molecule has 9 heteroatoms. The van der Waals surface area contributed by atoms with Gasteiger partial charge in [-0.1, -0.05) is 6.92 Å². The summed E-state index contributed by atoms with van der Waals surface area (Å²) in [6.07, 6.45) is 1.42. The molecule has 0 bridgehead atoms. The third-order valence-corrected chi connectivity index (χ3v) is 5.31. The minimum atomic E-state index is -3.72. The fourth-order valence-corrected chi connectivity index (χ4v) is 3.53. The maximum absolute atomic E-state index is 11.9. The van der Waals surface area contributed by atoms with Crippen LogP contribution in [0.1, 0.15) is 6.92 Å². The van der Waals surface area contributed by atoms with E-state index in [1.54, 1.807) is 6.92 Å². The molecule has 1 atom stereocenters. The van der Waals surface area contributed by atoms with Crippen molar-refractivity contribution >= 4 is 42.6 Å². The van der Waals surface area contributed by atoms with Crippen LogP contribution in [-0.4, -0.2) is 35.7 Å². The van der Waals surface area contributed by atoms with Gasteiger partial charge in [0.2, 0.25) is 10.0 Å². The number of nitrogens with one attached hydrogen (secondary N) is 1. The van der Waals surface area contributed by atoms with Crippen LogP contribution < -0.4 is 10.5 Å². The molecule has 0 aromatic carbocycles. The van der Waals surface area contributed by atoms with Gasteiger partial charge >= 0.3 is 0 Å². The summed E-state index contributed by atoms with van der Waals surface area (Å²) in [6, 6.07) is 1.38. The van der Waals surface area contributed by atoms with E-state index in [0.717, 1.165) is 0 Å². The first kappa shape index (κ1) is 15.5. The van der Waals surface area contributed by atoms with E-state index in [-0.39, 0.29) is 23.0 Å². The highest BCUT2D eigenvalue weighted by atomic mass is 79.9. The zero-order valence-electron chi connectivity index (χ0n) is 9.72. The van der Waals surface area contributed by atoms with Crippen LogP contribution in [0.25, 0.3) is 0 Å². The number of hydrogen-bond donors (Lipinski definition) is 2. The first-order chi connectivity index (χ1) is 8.36. The van der Waals surface area contributed by atoms with E-state index in [9.17, 15) is 12.6 Å². The normalized spacial score (nSPS) is 13.4. The van der Waals surface area contributed by atoms with Gasteiger partial charge < -0.3 is 5.73 Å². The van der Waals surface area contributed by atoms with Gasteiger partial charge in [0, 0.05) is 39.5 Å². The Morgan fingerprint density at radius 2 is 2.22 bits per heavy atom. The van der Waals surface area contributed by atoms with E-state index in [2.05, 4.69) is 25.6 Å². The molecule has 1 heterocycles. The summed E-state index contributed by atoms with van der Waals surface area (Å²) in [5.74, 6) is 0.710. The highest BCUT2D eigenvalue weighted by Crippen LogP contribution is 2.19. The van der Waals surface area contributed by atoms with Gasteiger partial charge in [0.15, 0.2) is 0 Å². The maximum atomic E-state index is 11.9. The predicted molar refractivity (Wildman–Crippen MR) is 75.1 cm³/mol. The zero-order valence-corrected chi connectivity index (χ0v) is 12.9. The van der Waals surface area contributed by atoms with Crippen LogP contribution in [0.15, 0.2) is 21.6 Å². The van der Waals surface area contributed by atoms with Crippen LogP contribution in [0.5, 0.6) is 0 Å². The molecule has 0 aliphatic rings. The van der Waals surface area contributed by atoms with Gasteiger partial charge in [0.25, 0.3) is 0 Å². The Morgan fingerprint density at radius 3 is 2.83 bits per heavy atom. The molecule has 0 aliphatic heterocycles. The maximum Gasteiger partial charge on any atom is 0.244 e. The summed E-state index contributed by atoms with van der Waals surface area (Å²) >= 11 is 3.13. The van der Waals surface area contributed by atoms with Crippen LogP contribution in [-0.2, 0) is 20.8 Å². The van der Waals surface area contributed by atoms with Crippen molar-refractivity contribution < 1.29 is 12.6 Å². The van der Waals surface area contributed by atoms with Crippen LogP contribution >= 0.6 is 15.9 Å². The number of halogens is 1. The molecule has 0 saturated carbocycles. The fraction of sp³-hybridized carbons (Fsp3) is 0.444. The van der Waals surface area contributed by atoms with Gasteiger partial charge in [0.05, 0.1) is 0 Å². The molecule has 1 unspecified atom stereocenters. The Balaban J connectivity index is 2.80. The van der Waals surface area contributed by atoms with Crippen molar-refractivity contribution in [3.8, 4) is 0 Å². The van der Waals surface area contributed by atoms with E-state index in [0.29, 0.717) is 10.2 Å². The predicted octanol–water partition coefficient (Wildman–Crippen LogP) is 0.473. The highest BCUT2D eigenvalue weighted by Gasteiger charge is 2.18. The van der Waals surface area contributed by atoms with Gasteiger partial charge in [-0.2, -0.15) is 0 Å². The lowest BCUT2D eigenvalue weighted by Gasteiger charge is -2.08. The topological polar surface area (TPSA) is 102 Å². The number of aromatic nitrogens is 1. The molecule has 0 fully saturated rings. The number of rotatable bonds is 6. The smallest absolute Gasteiger partial charge is 0.244 e. The summed E-state index contributed by atoms with van der Waals surface area (Å²) in [7, 11) is -4.73. The summed E-state index contributed by atoms with van der Waals surface area (Å²) in [4.78, 5) is 3.67. The second kappa shape index (κ2) is 6.60. The van der Waals surface area contributed by atoms with E-state index in [4.69, 9.17) is 5.73 Å². The molecular weight excluding hydrogens is 342 g/mol. The van der Waals surface area contributed by atoms with Gasteiger partial charge in [0.1, 0.15) is 10.7 Å². The molecule has 1 aromatic rings. The number of sulfonamides is 1. The second-order valence-electron chi connectivity index (χ2n) is 3.37. The van der Waals surface area contributed by atoms with Crippen LogP contribution in [0.2, 0.25) is 0 Å². The van der Waals surface area contributed by atoms with Crippen molar-refractivity contribution in [2.75, 3.05) is 23.8 Å². The monoisotopic (exact) mass is 355 g/mol. The first-order valence-corrected chi connectivity index (χ1v) is 8.89. The highest BCUT2D eigenvalue weighted by molar-refractivity contribution is 9.10. The van der Waals surface area contributed by atoms with Crippen molar-refractivity contribution in [1.82, 2.24) is 9.71 Å². The number of hydrogen-bond acceptors (Lipinski definition) is 5. The Morgan fingerprint density at radius 1 is 1.56 bits per heavy atom. The minimum Gasteiger partial charge on any atom is -0.383 e. The second-order valence-corrected chi connectivity index (χ2v) is 7.88. The SMILES string of the molecule is CCS(=O)CCNS(=O)(=O)c1cc(Br)cnc1N. The number of nitrogens with two attached hydrogens (primary N) is 1. The van der Waals surface area contributed by atoms with Crippen molar-refractivity contribution in [3.63, 3.8) is 0 Å². The van der Waals surface area contributed by atoms with Crippen LogP contribution in [0.4, 0.5) is 5.82 Å². The van der Waals surface area contributed by atoms with Gasteiger partial charge in [-0.05, 0) is 22.0 Å². The van der Waals surface area contributed by atoms with Crippen LogP contribution in [0, 0.1) is 0 Å². The molecule has 0 aliphatic carbocycles. The summed E-state index contributed by atoms with van der Waals surface area (Å²) < 4.78 is 37.9. The lowest BCUT2D eigenvalue weighted by molar-refractivity contribution is 0.584. The summed E-state index contributed by atoms with van der Waals surface area (Å²) in [6.45, 7) is 1.88. The molecule has 0 spiro atoms.